The van der Waals surface area contributed by atoms with Crippen molar-refractivity contribution in [2.45, 2.75) is 18.0 Å². The Labute approximate surface area is 161 Å². The highest BCUT2D eigenvalue weighted by atomic mass is 19.4. The standard InChI is InChI=1S/C18H16F6N2O3/c1-28-13-7-3-11(4-8-13)15(27)26-16(17(19,20)21,18(22,23)24)25-12-5-9-14(29-2)10-6-12/h3-10,25H,1-2H3,(H,26,27). The quantitative estimate of drug-likeness (QED) is 0.536. The van der Waals surface area contributed by atoms with Gasteiger partial charge in [0.05, 0.1) is 14.2 Å². The summed E-state index contributed by atoms with van der Waals surface area (Å²) >= 11 is 0. The molecule has 0 bridgehead atoms. The van der Waals surface area contributed by atoms with Crippen molar-refractivity contribution >= 4 is 11.6 Å². The number of hydrogen-bond acceptors (Lipinski definition) is 4. The van der Waals surface area contributed by atoms with E-state index in [1.807, 2.05) is 0 Å². The third-order valence-corrected chi connectivity index (χ3v) is 3.93. The number of amides is 1. The van der Waals surface area contributed by atoms with Gasteiger partial charge in [0.15, 0.2) is 0 Å². The van der Waals surface area contributed by atoms with Crippen molar-refractivity contribution < 1.29 is 40.6 Å². The molecule has 11 heteroatoms. The van der Waals surface area contributed by atoms with Gasteiger partial charge in [0, 0.05) is 11.3 Å². The van der Waals surface area contributed by atoms with Crippen LogP contribution >= 0.6 is 0 Å². The molecule has 5 nitrogen and oxygen atoms in total. The summed E-state index contributed by atoms with van der Waals surface area (Å²) in [6, 6.07) is 8.81. The van der Waals surface area contributed by atoms with E-state index in [-0.39, 0.29) is 11.5 Å². The molecule has 0 atom stereocenters. The minimum Gasteiger partial charge on any atom is -0.497 e. The van der Waals surface area contributed by atoms with Crippen molar-refractivity contribution in [2.24, 2.45) is 0 Å². The molecule has 0 aromatic heterocycles. The summed E-state index contributed by atoms with van der Waals surface area (Å²) in [4.78, 5) is 12.2. The monoisotopic (exact) mass is 422 g/mol. The topological polar surface area (TPSA) is 59.6 Å². The lowest BCUT2D eigenvalue weighted by atomic mass is 10.1. The molecule has 0 unspecified atom stereocenters. The second-order valence-electron chi connectivity index (χ2n) is 5.78. The molecule has 1 amide bonds. The van der Waals surface area contributed by atoms with E-state index in [1.54, 1.807) is 0 Å². The summed E-state index contributed by atoms with van der Waals surface area (Å²) in [7, 11) is 2.60. The van der Waals surface area contributed by atoms with Crippen LogP contribution in [0.2, 0.25) is 0 Å². The lowest BCUT2D eigenvalue weighted by molar-refractivity contribution is -0.294. The first-order chi connectivity index (χ1) is 13.4. The maximum Gasteiger partial charge on any atom is 0.439 e. The smallest absolute Gasteiger partial charge is 0.439 e. The molecule has 2 aromatic carbocycles. The second kappa shape index (κ2) is 8.10. The van der Waals surface area contributed by atoms with Gasteiger partial charge in [0.1, 0.15) is 11.5 Å². The Kier molecular flexibility index (Phi) is 6.19. The van der Waals surface area contributed by atoms with Crippen LogP contribution in [0.15, 0.2) is 48.5 Å². The van der Waals surface area contributed by atoms with E-state index in [0.717, 1.165) is 29.6 Å². The molecule has 0 aliphatic heterocycles. The van der Waals surface area contributed by atoms with E-state index >= 15 is 0 Å². The predicted octanol–water partition coefficient (Wildman–Crippen LogP) is 4.37. The first-order valence-electron chi connectivity index (χ1n) is 7.96. The van der Waals surface area contributed by atoms with Crippen LogP contribution in [0.1, 0.15) is 10.4 Å². The van der Waals surface area contributed by atoms with Crippen LogP contribution in [0.25, 0.3) is 0 Å². The van der Waals surface area contributed by atoms with Crippen molar-refractivity contribution in [3.05, 3.63) is 54.1 Å². The molecule has 0 aliphatic carbocycles. The molecule has 0 spiro atoms. The number of halogens is 6. The predicted molar refractivity (Wildman–Crippen MR) is 91.9 cm³/mol. The fourth-order valence-electron chi connectivity index (χ4n) is 2.35. The van der Waals surface area contributed by atoms with Crippen LogP contribution in [0, 0.1) is 0 Å². The Morgan fingerprint density at radius 1 is 0.759 bits per heavy atom. The van der Waals surface area contributed by atoms with Gasteiger partial charge < -0.3 is 20.1 Å². The van der Waals surface area contributed by atoms with Gasteiger partial charge in [-0.2, -0.15) is 26.3 Å². The maximum absolute atomic E-state index is 13.7. The summed E-state index contributed by atoms with van der Waals surface area (Å²) < 4.78 is 91.6. The number of rotatable bonds is 6. The minimum atomic E-state index is -5.92. The van der Waals surface area contributed by atoms with Gasteiger partial charge in [-0.25, -0.2) is 0 Å². The van der Waals surface area contributed by atoms with E-state index in [9.17, 15) is 31.1 Å². The molecule has 158 valence electrons. The normalized spacial score (nSPS) is 12.3. The first-order valence-corrected chi connectivity index (χ1v) is 7.96. The summed E-state index contributed by atoms with van der Waals surface area (Å²) in [5.41, 5.74) is -5.68. The molecule has 2 N–H and O–H groups in total. The van der Waals surface area contributed by atoms with E-state index in [0.29, 0.717) is 0 Å². The van der Waals surface area contributed by atoms with Crippen LogP contribution in [0.4, 0.5) is 32.0 Å². The van der Waals surface area contributed by atoms with Crippen LogP contribution in [0.5, 0.6) is 11.5 Å². The van der Waals surface area contributed by atoms with E-state index < -0.39 is 35.2 Å². The van der Waals surface area contributed by atoms with E-state index in [2.05, 4.69) is 0 Å². The van der Waals surface area contributed by atoms with Crippen molar-refractivity contribution in [1.29, 1.82) is 0 Å². The molecular formula is C18H16F6N2O3. The molecular weight excluding hydrogens is 406 g/mol. The SMILES string of the molecule is COc1ccc(NC(NC(=O)c2ccc(OC)cc2)(C(F)(F)F)C(F)(F)F)cc1. The average molecular weight is 422 g/mol. The van der Waals surface area contributed by atoms with Gasteiger partial charge in [0.2, 0.25) is 0 Å². The van der Waals surface area contributed by atoms with E-state index in [1.165, 1.54) is 43.8 Å². The Morgan fingerprint density at radius 3 is 1.55 bits per heavy atom. The van der Waals surface area contributed by atoms with Gasteiger partial charge >= 0.3 is 18.0 Å². The first kappa shape index (κ1) is 22.2. The second-order valence-corrected chi connectivity index (χ2v) is 5.78. The van der Waals surface area contributed by atoms with Gasteiger partial charge in [-0.1, -0.05) is 0 Å². The molecule has 0 fully saturated rings. The highest BCUT2D eigenvalue weighted by Crippen LogP contribution is 2.43. The van der Waals surface area contributed by atoms with Gasteiger partial charge in [-0.15, -0.1) is 0 Å². The summed E-state index contributed by atoms with van der Waals surface area (Å²) in [5, 5.41) is 2.45. The molecule has 0 saturated heterocycles. The number of methoxy groups -OCH3 is 2. The molecule has 0 saturated carbocycles. The summed E-state index contributed by atoms with van der Waals surface area (Å²) in [5.74, 6) is -1.08. The third kappa shape index (κ3) is 4.66. The number of ether oxygens (including phenoxy) is 2. The fourth-order valence-corrected chi connectivity index (χ4v) is 2.35. The van der Waals surface area contributed by atoms with Crippen LogP contribution in [-0.2, 0) is 0 Å². The number of nitrogens with one attached hydrogen (secondary N) is 2. The van der Waals surface area contributed by atoms with Gasteiger partial charge in [-0.05, 0) is 48.5 Å². The highest BCUT2D eigenvalue weighted by Gasteiger charge is 2.72. The lowest BCUT2D eigenvalue weighted by Crippen LogP contribution is -2.72. The molecule has 29 heavy (non-hydrogen) atoms. The number of alkyl halides is 6. The van der Waals surface area contributed by atoms with Crippen molar-refractivity contribution in [3.63, 3.8) is 0 Å². The Bertz CT molecular complexity index is 819. The van der Waals surface area contributed by atoms with Crippen molar-refractivity contribution in [3.8, 4) is 11.5 Å². The zero-order valence-corrected chi connectivity index (χ0v) is 15.1. The van der Waals surface area contributed by atoms with Gasteiger partial charge in [-0.3, -0.25) is 4.79 Å². The van der Waals surface area contributed by atoms with Crippen LogP contribution in [0.3, 0.4) is 0 Å². The minimum absolute atomic E-state index is 0.224. The Balaban J connectivity index is 2.45. The van der Waals surface area contributed by atoms with Crippen molar-refractivity contribution in [2.75, 3.05) is 19.5 Å². The van der Waals surface area contributed by atoms with Crippen LogP contribution < -0.4 is 20.1 Å². The zero-order chi connectivity index (χ0) is 21.9. The third-order valence-electron chi connectivity index (χ3n) is 3.93. The number of anilines is 1. The fraction of sp³-hybridized carbons (Fsp3) is 0.278. The number of carbonyl (C=O) groups excluding carboxylic acids is 1. The Morgan fingerprint density at radius 2 is 1.17 bits per heavy atom. The zero-order valence-electron chi connectivity index (χ0n) is 15.1. The lowest BCUT2D eigenvalue weighted by Gasteiger charge is -2.39. The molecule has 0 radical (unpaired) electrons. The molecule has 2 aromatic rings. The number of benzene rings is 2. The largest absolute Gasteiger partial charge is 0.497 e. The van der Waals surface area contributed by atoms with Crippen LogP contribution in [-0.4, -0.2) is 38.1 Å². The number of carbonyl (C=O) groups is 1. The van der Waals surface area contributed by atoms with E-state index in [4.69, 9.17) is 9.47 Å². The molecule has 0 aliphatic rings. The summed E-state index contributed by atoms with van der Waals surface area (Å²) in [6.07, 6.45) is -11.8. The highest BCUT2D eigenvalue weighted by molar-refractivity contribution is 5.95. The Hall–Kier alpha value is -3.11. The average Bonchev–Trinajstić information content (AvgIpc) is 2.66. The molecule has 2 rings (SSSR count). The summed E-state index contributed by atoms with van der Waals surface area (Å²) in [6.45, 7) is 0. The number of hydrogen-bond donors (Lipinski definition) is 2. The molecule has 0 heterocycles. The van der Waals surface area contributed by atoms with Gasteiger partial charge in [0.25, 0.3) is 5.91 Å². The van der Waals surface area contributed by atoms with Crippen molar-refractivity contribution in [1.82, 2.24) is 5.32 Å². The maximum atomic E-state index is 13.7.